The van der Waals surface area contributed by atoms with E-state index in [1.165, 1.54) is 48.8 Å². The van der Waals surface area contributed by atoms with Crippen molar-refractivity contribution < 1.29 is 26.4 Å². The van der Waals surface area contributed by atoms with E-state index in [9.17, 15) is 26.4 Å². The lowest BCUT2D eigenvalue weighted by molar-refractivity contribution is -0.137. The van der Waals surface area contributed by atoms with Crippen molar-refractivity contribution in [2.24, 2.45) is 0 Å². The number of alkyl halides is 3. The Morgan fingerprint density at radius 1 is 1.09 bits per heavy atom. The Morgan fingerprint density at radius 2 is 1.79 bits per heavy atom. The van der Waals surface area contributed by atoms with Crippen molar-refractivity contribution >= 4 is 33.2 Å². The molecule has 1 amide bonds. The molecule has 34 heavy (non-hydrogen) atoms. The second-order valence-electron chi connectivity index (χ2n) is 7.39. The zero-order valence-electron chi connectivity index (χ0n) is 18.0. The minimum absolute atomic E-state index is 0.0184. The van der Waals surface area contributed by atoms with Gasteiger partial charge in [-0.15, -0.1) is 0 Å². The summed E-state index contributed by atoms with van der Waals surface area (Å²) >= 11 is 6.08. The van der Waals surface area contributed by atoms with Gasteiger partial charge in [0.25, 0.3) is 10.0 Å². The van der Waals surface area contributed by atoms with Crippen LogP contribution in [0.15, 0.2) is 65.8 Å². The number of amides is 1. The van der Waals surface area contributed by atoms with Crippen LogP contribution in [0.1, 0.15) is 30.9 Å². The number of halogens is 4. The molecule has 0 fully saturated rings. The molecule has 2 aromatic carbocycles. The van der Waals surface area contributed by atoms with Crippen LogP contribution >= 0.6 is 11.6 Å². The molecule has 1 aromatic heterocycles. The first-order valence-corrected chi connectivity index (χ1v) is 12.1. The number of hydrogen-bond donors (Lipinski definition) is 2. The molecule has 1 heterocycles. The second-order valence-corrected chi connectivity index (χ2v) is 9.44. The van der Waals surface area contributed by atoms with Gasteiger partial charge in [0, 0.05) is 41.6 Å². The summed E-state index contributed by atoms with van der Waals surface area (Å²) in [6, 6.07) is 10.3. The highest BCUT2D eigenvalue weighted by Gasteiger charge is 2.31. The molecule has 0 radical (unpaired) electrons. The van der Waals surface area contributed by atoms with E-state index in [0.717, 1.165) is 12.1 Å². The minimum atomic E-state index is -4.52. The number of hydrogen-bond acceptors (Lipinski definition) is 4. The van der Waals surface area contributed by atoms with Gasteiger partial charge >= 0.3 is 6.18 Å². The minimum Gasteiger partial charge on any atom is -0.352 e. The highest BCUT2D eigenvalue weighted by Crippen LogP contribution is 2.36. The van der Waals surface area contributed by atoms with Gasteiger partial charge in [0.2, 0.25) is 5.91 Å². The summed E-state index contributed by atoms with van der Waals surface area (Å²) in [5.74, 6) is -0.195. The smallest absolute Gasteiger partial charge is 0.352 e. The summed E-state index contributed by atoms with van der Waals surface area (Å²) < 4.78 is 67.5. The maximum atomic E-state index is 13.0. The largest absolute Gasteiger partial charge is 0.416 e. The van der Waals surface area contributed by atoms with E-state index in [2.05, 4.69) is 15.0 Å². The van der Waals surface area contributed by atoms with Crippen LogP contribution < -0.4 is 10.0 Å². The van der Waals surface area contributed by atoms with Gasteiger partial charge < -0.3 is 5.32 Å². The average Bonchev–Trinajstić information content (AvgIpc) is 2.78. The number of nitrogens with zero attached hydrogens (tertiary/aromatic N) is 1. The maximum absolute atomic E-state index is 13.0. The monoisotopic (exact) mass is 511 g/mol. The molecule has 0 unspecified atom stereocenters. The SMILES string of the molecule is CCCC(=O)NCc1ccncc1S(=O)(=O)Nc1ccc(-c2cc(C(F)(F)F)ccc2Cl)cc1. The third-order valence-electron chi connectivity index (χ3n) is 4.85. The van der Waals surface area contributed by atoms with Crippen LogP contribution in [0, 0.1) is 0 Å². The molecule has 6 nitrogen and oxygen atoms in total. The molecule has 2 N–H and O–H groups in total. The van der Waals surface area contributed by atoms with Crippen molar-refractivity contribution in [2.75, 3.05) is 4.72 Å². The van der Waals surface area contributed by atoms with Crippen LogP contribution in [-0.4, -0.2) is 19.3 Å². The lowest BCUT2D eigenvalue weighted by Gasteiger charge is -2.14. The lowest BCUT2D eigenvalue weighted by atomic mass is 10.0. The van der Waals surface area contributed by atoms with E-state index in [1.807, 2.05) is 6.92 Å². The molecule has 0 aliphatic heterocycles. The fourth-order valence-corrected chi connectivity index (χ4v) is 4.62. The fraction of sp³-hybridized carbons (Fsp3) is 0.217. The molecule has 0 saturated carbocycles. The summed E-state index contributed by atoms with van der Waals surface area (Å²) in [4.78, 5) is 15.5. The molecular weight excluding hydrogens is 491 g/mol. The Morgan fingerprint density at radius 3 is 2.44 bits per heavy atom. The number of nitrogens with one attached hydrogen (secondary N) is 2. The van der Waals surface area contributed by atoms with Crippen LogP contribution in [0.2, 0.25) is 5.02 Å². The topological polar surface area (TPSA) is 88.2 Å². The molecular formula is C23H21ClF3N3O3S. The predicted molar refractivity (Wildman–Crippen MR) is 124 cm³/mol. The van der Waals surface area contributed by atoms with Crippen LogP contribution in [0.25, 0.3) is 11.1 Å². The predicted octanol–water partition coefficient (Wildman–Crippen LogP) is 5.64. The zero-order chi connectivity index (χ0) is 24.9. The van der Waals surface area contributed by atoms with E-state index in [0.29, 0.717) is 24.0 Å². The molecule has 0 bridgehead atoms. The number of sulfonamides is 1. The van der Waals surface area contributed by atoms with E-state index in [-0.39, 0.29) is 33.6 Å². The van der Waals surface area contributed by atoms with Crippen molar-refractivity contribution in [1.82, 2.24) is 10.3 Å². The summed E-state index contributed by atoms with van der Waals surface area (Å²) in [7, 11) is -4.05. The van der Waals surface area contributed by atoms with Crippen LogP contribution in [0.5, 0.6) is 0 Å². The quantitative estimate of drug-likeness (QED) is 0.410. The van der Waals surface area contributed by atoms with E-state index in [4.69, 9.17) is 11.6 Å². The third-order valence-corrected chi connectivity index (χ3v) is 6.64. The Labute approximate surface area is 200 Å². The average molecular weight is 512 g/mol. The first kappa shape index (κ1) is 25.5. The summed E-state index contributed by atoms with van der Waals surface area (Å²) in [6.45, 7) is 1.88. The maximum Gasteiger partial charge on any atom is 0.416 e. The van der Waals surface area contributed by atoms with E-state index >= 15 is 0 Å². The number of carbonyl (C=O) groups excluding carboxylic acids is 1. The summed E-state index contributed by atoms with van der Waals surface area (Å²) in [5, 5.41) is 2.80. The first-order valence-electron chi connectivity index (χ1n) is 10.2. The highest BCUT2D eigenvalue weighted by molar-refractivity contribution is 7.92. The molecule has 0 aliphatic rings. The zero-order valence-corrected chi connectivity index (χ0v) is 19.6. The second kappa shape index (κ2) is 10.4. The third kappa shape index (κ3) is 6.27. The Balaban J connectivity index is 1.82. The van der Waals surface area contributed by atoms with Gasteiger partial charge in [-0.1, -0.05) is 30.7 Å². The van der Waals surface area contributed by atoms with Crippen LogP contribution in [0.3, 0.4) is 0 Å². The van der Waals surface area contributed by atoms with Gasteiger partial charge in [-0.2, -0.15) is 13.2 Å². The van der Waals surface area contributed by atoms with Gasteiger partial charge in [0.15, 0.2) is 0 Å². The van der Waals surface area contributed by atoms with Crippen molar-refractivity contribution in [1.29, 1.82) is 0 Å². The number of pyridine rings is 1. The Bertz CT molecular complexity index is 1280. The number of benzene rings is 2. The molecule has 3 rings (SSSR count). The summed E-state index contributed by atoms with van der Waals surface area (Å²) in [6.07, 6.45) is -0.926. The normalized spacial score (nSPS) is 11.8. The molecule has 0 aliphatic carbocycles. The van der Waals surface area contributed by atoms with Crippen LogP contribution in [0.4, 0.5) is 18.9 Å². The molecule has 0 spiro atoms. The number of rotatable bonds is 8. The van der Waals surface area contributed by atoms with Gasteiger partial charge in [0.05, 0.1) is 5.56 Å². The molecule has 180 valence electrons. The van der Waals surface area contributed by atoms with Crippen molar-refractivity contribution in [3.63, 3.8) is 0 Å². The molecule has 3 aromatic rings. The Hall–Kier alpha value is -3.11. The Kier molecular flexibility index (Phi) is 7.83. The van der Waals surface area contributed by atoms with Gasteiger partial charge in [-0.05, 0) is 53.9 Å². The fourth-order valence-electron chi connectivity index (χ4n) is 3.16. The summed E-state index contributed by atoms with van der Waals surface area (Å²) in [5.41, 5.74) is 0.269. The first-order chi connectivity index (χ1) is 16.0. The van der Waals surface area contributed by atoms with E-state index < -0.39 is 21.8 Å². The molecule has 11 heteroatoms. The van der Waals surface area contributed by atoms with Crippen molar-refractivity contribution in [3.05, 3.63) is 77.1 Å². The number of aromatic nitrogens is 1. The van der Waals surface area contributed by atoms with Crippen molar-refractivity contribution in [2.45, 2.75) is 37.4 Å². The van der Waals surface area contributed by atoms with Crippen LogP contribution in [-0.2, 0) is 27.5 Å². The lowest BCUT2D eigenvalue weighted by Crippen LogP contribution is -2.24. The number of carbonyl (C=O) groups is 1. The standard InChI is InChI=1S/C23H21ClF3N3O3S/c1-2-3-22(31)29-13-16-10-11-28-14-21(16)34(32,33)30-18-7-4-15(5-8-18)19-12-17(23(25,26)27)6-9-20(19)24/h4-12,14,30H,2-3,13H2,1H3,(H,29,31). The van der Waals surface area contributed by atoms with E-state index in [1.54, 1.807) is 0 Å². The number of anilines is 1. The van der Waals surface area contributed by atoms with Gasteiger partial charge in [0.1, 0.15) is 4.90 Å². The molecule has 0 atom stereocenters. The van der Waals surface area contributed by atoms with Gasteiger partial charge in [-0.25, -0.2) is 8.42 Å². The van der Waals surface area contributed by atoms with Crippen molar-refractivity contribution in [3.8, 4) is 11.1 Å². The van der Waals surface area contributed by atoms with Gasteiger partial charge in [-0.3, -0.25) is 14.5 Å². The highest BCUT2D eigenvalue weighted by atomic mass is 35.5. The molecule has 0 saturated heterocycles.